The number of nitrogens with zero attached hydrogens (tertiary/aromatic N) is 3. The number of benzene rings is 1. The molecule has 2 aliphatic rings. The second kappa shape index (κ2) is 6.96. The molecule has 1 fully saturated rings. The van der Waals surface area contributed by atoms with Gasteiger partial charge in [-0.3, -0.25) is 23.9 Å². The van der Waals surface area contributed by atoms with Crippen molar-refractivity contribution in [3.8, 4) is 0 Å². The molecule has 8 heteroatoms. The lowest BCUT2D eigenvalue weighted by Crippen LogP contribution is -2.30. The molecule has 0 spiro atoms. The van der Waals surface area contributed by atoms with Gasteiger partial charge in [0.2, 0.25) is 0 Å². The number of carbonyl (C=O) groups excluding carboxylic acids is 2. The lowest BCUT2D eigenvalue weighted by molar-refractivity contribution is 0.0684. The van der Waals surface area contributed by atoms with E-state index in [0.717, 1.165) is 18.4 Å². The third-order valence-electron chi connectivity index (χ3n) is 5.22. The van der Waals surface area contributed by atoms with E-state index in [1.165, 1.54) is 28.0 Å². The van der Waals surface area contributed by atoms with Crippen molar-refractivity contribution in [1.82, 2.24) is 14.5 Å². The summed E-state index contributed by atoms with van der Waals surface area (Å²) in [7, 11) is 0. The molecule has 3 aromatic rings. The zero-order valence-corrected chi connectivity index (χ0v) is 17.1. The first-order valence-corrected chi connectivity index (χ1v) is 11.2. The van der Waals surface area contributed by atoms with Crippen LogP contribution >= 0.6 is 23.1 Å². The Balaban J connectivity index is 1.49. The average Bonchev–Trinajstić information content (AvgIpc) is 3.44. The molecule has 0 bridgehead atoms. The molecule has 146 valence electrons. The van der Waals surface area contributed by atoms with Gasteiger partial charge < -0.3 is 0 Å². The number of thioether (sulfide) groups is 1. The predicted molar refractivity (Wildman–Crippen MR) is 114 cm³/mol. The highest BCUT2D eigenvalue weighted by molar-refractivity contribution is 7.99. The molecule has 29 heavy (non-hydrogen) atoms. The quantitative estimate of drug-likeness (QED) is 0.260. The van der Waals surface area contributed by atoms with Crippen LogP contribution in [0.2, 0.25) is 0 Å². The normalized spacial score (nSPS) is 15.9. The fourth-order valence-corrected chi connectivity index (χ4v) is 5.62. The molecule has 1 saturated carbocycles. The molecule has 2 aromatic heterocycles. The Labute approximate surface area is 174 Å². The van der Waals surface area contributed by atoms with Crippen LogP contribution in [0.4, 0.5) is 0 Å². The van der Waals surface area contributed by atoms with Crippen LogP contribution in [-0.2, 0) is 6.54 Å². The predicted octanol–water partition coefficient (Wildman–Crippen LogP) is 3.87. The van der Waals surface area contributed by atoms with E-state index in [-0.39, 0.29) is 23.3 Å². The Morgan fingerprint density at radius 2 is 1.86 bits per heavy atom. The molecule has 1 aliphatic heterocycles. The van der Waals surface area contributed by atoms with Gasteiger partial charge in [0.15, 0.2) is 5.16 Å². The van der Waals surface area contributed by atoms with Gasteiger partial charge in [-0.1, -0.05) is 30.0 Å². The van der Waals surface area contributed by atoms with Crippen LogP contribution in [0, 0.1) is 0 Å². The van der Waals surface area contributed by atoms with Crippen molar-refractivity contribution >= 4 is 45.1 Å². The smallest absolute Gasteiger partial charge is 0.263 e. The molecule has 0 unspecified atom stereocenters. The van der Waals surface area contributed by atoms with Crippen LogP contribution in [0.5, 0.6) is 0 Å². The molecule has 0 N–H and O–H groups in total. The van der Waals surface area contributed by atoms with E-state index < -0.39 is 0 Å². The molecule has 0 atom stereocenters. The third-order valence-corrected chi connectivity index (χ3v) is 7.06. The molecule has 2 amide bonds. The van der Waals surface area contributed by atoms with Crippen LogP contribution in [0.3, 0.4) is 0 Å². The molecule has 1 aromatic carbocycles. The summed E-state index contributed by atoms with van der Waals surface area (Å²) in [5.41, 5.74) is 1.84. The number of thiophene rings is 1. The van der Waals surface area contributed by atoms with E-state index >= 15 is 0 Å². The zero-order valence-electron chi connectivity index (χ0n) is 15.5. The Kier molecular flexibility index (Phi) is 4.40. The topological polar surface area (TPSA) is 72.3 Å². The average molecular weight is 424 g/mol. The van der Waals surface area contributed by atoms with Gasteiger partial charge >= 0.3 is 0 Å². The van der Waals surface area contributed by atoms with E-state index in [9.17, 15) is 14.4 Å². The molecule has 6 nitrogen and oxygen atoms in total. The monoisotopic (exact) mass is 423 g/mol. The first kappa shape index (κ1) is 18.3. The number of amides is 2. The van der Waals surface area contributed by atoms with Gasteiger partial charge in [-0.05, 0) is 41.8 Å². The molecule has 5 rings (SSSR count). The largest absolute Gasteiger partial charge is 0.283 e. The summed E-state index contributed by atoms with van der Waals surface area (Å²) in [6.45, 7) is 4.08. The minimum atomic E-state index is -0.316. The highest BCUT2D eigenvalue weighted by atomic mass is 32.2. The van der Waals surface area contributed by atoms with Crippen molar-refractivity contribution in [3.05, 3.63) is 69.3 Å². The van der Waals surface area contributed by atoms with Crippen LogP contribution < -0.4 is 5.56 Å². The maximum Gasteiger partial charge on any atom is 0.263 e. The summed E-state index contributed by atoms with van der Waals surface area (Å²) in [5, 5.41) is 3.22. The van der Waals surface area contributed by atoms with Crippen molar-refractivity contribution in [2.45, 2.75) is 30.5 Å². The second-order valence-electron chi connectivity index (χ2n) is 7.10. The van der Waals surface area contributed by atoms with Gasteiger partial charge in [0.25, 0.3) is 17.4 Å². The summed E-state index contributed by atoms with van der Waals surface area (Å²) in [4.78, 5) is 45.0. The molecular weight excluding hydrogens is 406 g/mol. The van der Waals surface area contributed by atoms with Gasteiger partial charge in [0, 0.05) is 6.54 Å². The number of hydrogen-bond donors (Lipinski definition) is 0. The van der Waals surface area contributed by atoms with Crippen molar-refractivity contribution in [2.24, 2.45) is 0 Å². The lowest BCUT2D eigenvalue weighted by atomic mass is 10.1. The van der Waals surface area contributed by atoms with Crippen LogP contribution in [0.15, 0.2) is 52.3 Å². The molecular formula is C21H17N3O3S2. The highest BCUT2D eigenvalue weighted by Crippen LogP contribution is 2.44. The number of hydrogen-bond acceptors (Lipinski definition) is 6. The number of rotatable bonds is 6. The zero-order chi connectivity index (χ0) is 20.1. The van der Waals surface area contributed by atoms with Crippen LogP contribution in [0.1, 0.15) is 45.0 Å². The van der Waals surface area contributed by atoms with E-state index in [0.29, 0.717) is 39.0 Å². The first-order chi connectivity index (χ1) is 14.1. The standard InChI is InChI=1S/C21H17N3O3S2/c1-2-9-23-20(27)16-15(12-7-8-12)10-28-17(16)22-21(23)29-11-24-18(25)13-5-3-4-6-14(13)19(24)26/h2-6,10,12H,1,7-9,11H2. The summed E-state index contributed by atoms with van der Waals surface area (Å²) >= 11 is 2.69. The maximum absolute atomic E-state index is 13.2. The number of carbonyl (C=O) groups is 2. The summed E-state index contributed by atoms with van der Waals surface area (Å²) in [6, 6.07) is 6.80. The first-order valence-electron chi connectivity index (χ1n) is 9.31. The Bertz CT molecular complexity index is 1200. The minimum Gasteiger partial charge on any atom is -0.283 e. The molecule has 3 heterocycles. The number of allylic oxidation sites excluding steroid dienone is 1. The third kappa shape index (κ3) is 2.94. The van der Waals surface area contributed by atoms with Crippen molar-refractivity contribution < 1.29 is 9.59 Å². The van der Waals surface area contributed by atoms with E-state index in [1.807, 2.05) is 5.38 Å². The minimum absolute atomic E-state index is 0.0806. The van der Waals surface area contributed by atoms with Gasteiger partial charge in [0.05, 0.1) is 22.4 Å². The molecule has 0 radical (unpaired) electrons. The van der Waals surface area contributed by atoms with E-state index in [1.54, 1.807) is 34.9 Å². The van der Waals surface area contributed by atoms with Crippen molar-refractivity contribution in [3.63, 3.8) is 0 Å². The van der Waals surface area contributed by atoms with E-state index in [4.69, 9.17) is 4.98 Å². The highest BCUT2D eigenvalue weighted by Gasteiger charge is 2.35. The van der Waals surface area contributed by atoms with Gasteiger partial charge in [-0.25, -0.2) is 4.98 Å². The summed E-state index contributed by atoms with van der Waals surface area (Å²) in [6.07, 6.45) is 3.89. The van der Waals surface area contributed by atoms with Gasteiger partial charge in [-0.15, -0.1) is 17.9 Å². The van der Waals surface area contributed by atoms with Gasteiger partial charge in [-0.2, -0.15) is 0 Å². The fraction of sp³-hybridized carbons (Fsp3) is 0.238. The Morgan fingerprint density at radius 3 is 2.48 bits per heavy atom. The number of aromatic nitrogens is 2. The van der Waals surface area contributed by atoms with Crippen molar-refractivity contribution in [1.29, 1.82) is 0 Å². The van der Waals surface area contributed by atoms with Crippen molar-refractivity contribution in [2.75, 3.05) is 5.88 Å². The fourth-order valence-electron chi connectivity index (χ4n) is 3.60. The Morgan fingerprint density at radius 1 is 1.17 bits per heavy atom. The van der Waals surface area contributed by atoms with E-state index in [2.05, 4.69) is 6.58 Å². The summed E-state index contributed by atoms with van der Waals surface area (Å²) in [5.74, 6) is -0.0670. The second-order valence-corrected chi connectivity index (χ2v) is 8.87. The SMILES string of the molecule is C=CCn1c(SCN2C(=O)c3ccccc3C2=O)nc2scc(C3CC3)c2c1=O. The number of imide groups is 1. The van der Waals surface area contributed by atoms with Crippen LogP contribution in [-0.4, -0.2) is 32.1 Å². The molecule has 1 aliphatic carbocycles. The number of fused-ring (bicyclic) bond motifs is 2. The Hall–Kier alpha value is -2.71. The summed E-state index contributed by atoms with van der Waals surface area (Å²) < 4.78 is 1.58. The maximum atomic E-state index is 13.2. The van der Waals surface area contributed by atoms with Crippen LogP contribution in [0.25, 0.3) is 10.2 Å². The lowest BCUT2D eigenvalue weighted by Gasteiger charge is -2.15. The van der Waals surface area contributed by atoms with Gasteiger partial charge in [0.1, 0.15) is 4.83 Å². The molecule has 0 saturated heterocycles.